The zero-order valence-electron chi connectivity index (χ0n) is 14.7. The second kappa shape index (κ2) is 6.43. The van der Waals surface area contributed by atoms with Crippen LogP contribution in [-0.4, -0.2) is 31.8 Å². The average molecular weight is 326 g/mol. The third-order valence-electron chi connectivity index (χ3n) is 3.94. The van der Waals surface area contributed by atoms with Crippen LogP contribution in [0.15, 0.2) is 18.2 Å². The number of aromatic nitrogens is 5. The van der Waals surface area contributed by atoms with Gasteiger partial charge in [-0.15, -0.1) is 10.2 Å². The molecule has 7 nitrogen and oxygen atoms in total. The number of nitrogens with one attached hydrogen (secondary N) is 1. The molecule has 1 N–H and O–H groups in total. The molecular weight excluding hydrogens is 304 g/mol. The first kappa shape index (κ1) is 16.2. The molecule has 0 aliphatic rings. The van der Waals surface area contributed by atoms with Gasteiger partial charge in [-0.2, -0.15) is 0 Å². The third-order valence-corrected chi connectivity index (χ3v) is 3.94. The number of benzene rings is 1. The molecule has 7 heteroatoms. The molecule has 24 heavy (non-hydrogen) atoms. The largest absolute Gasteiger partial charge is 0.497 e. The summed E-state index contributed by atoms with van der Waals surface area (Å²) in [5, 5.41) is 12.8. The molecule has 2 heterocycles. The Hall–Kier alpha value is -2.70. The number of rotatable bonds is 5. The quantitative estimate of drug-likeness (QED) is 0.777. The van der Waals surface area contributed by atoms with Crippen LogP contribution in [0.4, 0.5) is 5.82 Å². The number of anilines is 1. The number of methoxy groups -OCH3 is 1. The van der Waals surface area contributed by atoms with E-state index in [1.54, 1.807) is 7.11 Å². The van der Waals surface area contributed by atoms with Crippen LogP contribution in [0, 0.1) is 6.92 Å². The molecule has 0 spiro atoms. The Morgan fingerprint density at radius 1 is 1.21 bits per heavy atom. The van der Waals surface area contributed by atoms with Crippen molar-refractivity contribution in [3.05, 3.63) is 35.7 Å². The molecule has 0 saturated carbocycles. The minimum absolute atomic E-state index is 0.336. The standard InChI is InChI=1S/C17H22N6O/c1-10(2)17-22-21-15(23(17)4)9-18-16-13-8-12(24-5)6-7-14(13)19-11(3)20-16/h6-8,10H,9H2,1-5H3,(H,18,19,20). The Bertz CT molecular complexity index is 871. The second-order valence-corrected chi connectivity index (χ2v) is 6.04. The lowest BCUT2D eigenvalue weighted by Crippen LogP contribution is -2.10. The lowest BCUT2D eigenvalue weighted by molar-refractivity contribution is 0.415. The van der Waals surface area contributed by atoms with Crippen LogP contribution in [0.1, 0.15) is 37.2 Å². The smallest absolute Gasteiger partial charge is 0.152 e. The molecular formula is C17H22N6O. The zero-order chi connectivity index (χ0) is 17.3. The van der Waals surface area contributed by atoms with Gasteiger partial charge in [0.25, 0.3) is 0 Å². The van der Waals surface area contributed by atoms with E-state index in [4.69, 9.17) is 4.74 Å². The molecule has 0 fully saturated rings. The van der Waals surface area contributed by atoms with Gasteiger partial charge < -0.3 is 14.6 Å². The Morgan fingerprint density at radius 2 is 2.00 bits per heavy atom. The number of hydrogen-bond acceptors (Lipinski definition) is 6. The fourth-order valence-electron chi connectivity index (χ4n) is 2.68. The second-order valence-electron chi connectivity index (χ2n) is 6.04. The van der Waals surface area contributed by atoms with Crippen LogP contribution in [-0.2, 0) is 13.6 Å². The Labute approximate surface area is 141 Å². The highest BCUT2D eigenvalue weighted by atomic mass is 16.5. The fourth-order valence-corrected chi connectivity index (χ4v) is 2.68. The van der Waals surface area contributed by atoms with Gasteiger partial charge in [0.15, 0.2) is 5.82 Å². The van der Waals surface area contributed by atoms with Gasteiger partial charge in [-0.3, -0.25) is 0 Å². The van der Waals surface area contributed by atoms with E-state index in [0.29, 0.717) is 12.5 Å². The Balaban J connectivity index is 1.92. The van der Waals surface area contributed by atoms with E-state index in [2.05, 4.69) is 39.3 Å². The predicted octanol–water partition coefficient (Wildman–Crippen LogP) is 2.81. The summed E-state index contributed by atoms with van der Waals surface area (Å²) in [6.45, 7) is 6.64. The van der Waals surface area contributed by atoms with Gasteiger partial charge in [0.05, 0.1) is 19.2 Å². The van der Waals surface area contributed by atoms with E-state index in [0.717, 1.165) is 39.9 Å². The van der Waals surface area contributed by atoms with Gasteiger partial charge in [0.2, 0.25) is 0 Å². The van der Waals surface area contributed by atoms with Crippen LogP contribution in [0.2, 0.25) is 0 Å². The highest BCUT2D eigenvalue weighted by Crippen LogP contribution is 2.25. The summed E-state index contributed by atoms with van der Waals surface area (Å²) >= 11 is 0. The first-order valence-electron chi connectivity index (χ1n) is 7.94. The molecule has 0 atom stereocenters. The number of aryl methyl sites for hydroxylation is 1. The maximum Gasteiger partial charge on any atom is 0.152 e. The summed E-state index contributed by atoms with van der Waals surface area (Å²) in [4.78, 5) is 9.00. The van der Waals surface area contributed by atoms with E-state index in [-0.39, 0.29) is 0 Å². The lowest BCUT2D eigenvalue weighted by atomic mass is 10.2. The van der Waals surface area contributed by atoms with Crippen molar-refractivity contribution in [3.63, 3.8) is 0 Å². The molecule has 0 radical (unpaired) electrons. The summed E-state index contributed by atoms with van der Waals surface area (Å²) in [6, 6.07) is 5.77. The predicted molar refractivity (Wildman–Crippen MR) is 93.2 cm³/mol. The fraction of sp³-hybridized carbons (Fsp3) is 0.412. The summed E-state index contributed by atoms with van der Waals surface area (Å²) in [6.07, 6.45) is 0. The average Bonchev–Trinajstić information content (AvgIpc) is 2.93. The van der Waals surface area contributed by atoms with Crippen molar-refractivity contribution < 1.29 is 4.74 Å². The van der Waals surface area contributed by atoms with Gasteiger partial charge in [-0.1, -0.05) is 13.8 Å². The molecule has 0 aliphatic heterocycles. The summed E-state index contributed by atoms with van der Waals surface area (Å²) in [5.74, 6) is 4.44. The number of hydrogen-bond donors (Lipinski definition) is 1. The number of fused-ring (bicyclic) bond motifs is 1. The molecule has 0 unspecified atom stereocenters. The van der Waals surface area contributed by atoms with Crippen molar-refractivity contribution in [1.82, 2.24) is 24.7 Å². The number of ether oxygens (including phenoxy) is 1. The topological polar surface area (TPSA) is 77.8 Å². The lowest BCUT2D eigenvalue weighted by Gasteiger charge is -2.11. The highest BCUT2D eigenvalue weighted by Gasteiger charge is 2.13. The molecule has 1 aromatic carbocycles. The number of nitrogens with zero attached hydrogens (tertiary/aromatic N) is 5. The van der Waals surface area contributed by atoms with Crippen molar-refractivity contribution >= 4 is 16.7 Å². The summed E-state index contributed by atoms with van der Waals surface area (Å²) in [5.41, 5.74) is 0.881. The molecule has 0 saturated heterocycles. The van der Waals surface area contributed by atoms with Gasteiger partial charge in [-0.25, -0.2) is 9.97 Å². The van der Waals surface area contributed by atoms with E-state index in [9.17, 15) is 0 Å². The van der Waals surface area contributed by atoms with Crippen LogP contribution in [0.3, 0.4) is 0 Å². The molecule has 0 amide bonds. The normalized spacial score (nSPS) is 11.2. The molecule has 3 rings (SSSR count). The van der Waals surface area contributed by atoms with Gasteiger partial charge in [-0.05, 0) is 25.1 Å². The van der Waals surface area contributed by atoms with Gasteiger partial charge in [0, 0.05) is 18.4 Å². The molecule has 126 valence electrons. The SMILES string of the molecule is COc1ccc2nc(C)nc(NCc3nnc(C(C)C)n3C)c2c1. The van der Waals surface area contributed by atoms with Gasteiger partial charge >= 0.3 is 0 Å². The highest BCUT2D eigenvalue weighted by molar-refractivity contribution is 5.90. The van der Waals surface area contributed by atoms with Crippen molar-refractivity contribution in [3.8, 4) is 5.75 Å². The maximum atomic E-state index is 5.31. The van der Waals surface area contributed by atoms with E-state index in [1.165, 1.54) is 0 Å². The third kappa shape index (κ3) is 3.02. The minimum Gasteiger partial charge on any atom is -0.497 e. The van der Waals surface area contributed by atoms with Crippen LogP contribution in [0.25, 0.3) is 10.9 Å². The van der Waals surface area contributed by atoms with Crippen molar-refractivity contribution in [2.24, 2.45) is 7.05 Å². The minimum atomic E-state index is 0.336. The monoisotopic (exact) mass is 326 g/mol. The summed E-state index contributed by atoms with van der Waals surface area (Å²) < 4.78 is 7.33. The van der Waals surface area contributed by atoms with Crippen LogP contribution < -0.4 is 10.1 Å². The first-order chi connectivity index (χ1) is 11.5. The van der Waals surface area contributed by atoms with Gasteiger partial charge in [0.1, 0.15) is 23.2 Å². The van der Waals surface area contributed by atoms with Crippen LogP contribution >= 0.6 is 0 Å². The first-order valence-corrected chi connectivity index (χ1v) is 7.94. The summed E-state index contributed by atoms with van der Waals surface area (Å²) in [7, 11) is 3.63. The molecule has 0 bridgehead atoms. The Morgan fingerprint density at radius 3 is 2.67 bits per heavy atom. The molecule has 3 aromatic rings. The van der Waals surface area contributed by atoms with Crippen molar-refractivity contribution in [1.29, 1.82) is 0 Å². The van der Waals surface area contributed by atoms with E-state index >= 15 is 0 Å². The van der Waals surface area contributed by atoms with Crippen molar-refractivity contribution in [2.45, 2.75) is 33.2 Å². The van der Waals surface area contributed by atoms with E-state index < -0.39 is 0 Å². The molecule has 0 aliphatic carbocycles. The van der Waals surface area contributed by atoms with E-state index in [1.807, 2.05) is 36.7 Å². The maximum absolute atomic E-state index is 5.31. The zero-order valence-corrected chi connectivity index (χ0v) is 14.7. The van der Waals surface area contributed by atoms with Crippen molar-refractivity contribution in [2.75, 3.05) is 12.4 Å². The molecule has 2 aromatic heterocycles. The van der Waals surface area contributed by atoms with Crippen LogP contribution in [0.5, 0.6) is 5.75 Å². The Kier molecular flexibility index (Phi) is 4.33.